The lowest BCUT2D eigenvalue weighted by molar-refractivity contribution is -0.145. The molecule has 0 unspecified atom stereocenters. The molecule has 36 heavy (non-hydrogen) atoms. The topological polar surface area (TPSA) is 61.9 Å². The number of nitrogens with zero attached hydrogens (tertiary/aromatic N) is 2. The van der Waals surface area contributed by atoms with E-state index in [1.54, 1.807) is 0 Å². The first-order chi connectivity index (χ1) is 17.7. The van der Waals surface area contributed by atoms with E-state index >= 15 is 0 Å². The van der Waals surface area contributed by atoms with Crippen LogP contribution in [0.15, 0.2) is 54.6 Å². The van der Waals surface area contributed by atoms with Crippen molar-refractivity contribution < 1.29 is 15.8 Å². The van der Waals surface area contributed by atoms with E-state index in [1.165, 1.54) is 18.7 Å². The van der Waals surface area contributed by atoms with Crippen LogP contribution >= 0.6 is 0 Å². The fourth-order valence-corrected chi connectivity index (χ4v) is 4.23. The Morgan fingerprint density at radius 3 is 2.22 bits per heavy atom. The summed E-state index contributed by atoms with van der Waals surface area (Å²) in [6, 6.07) is 17.7. The number of hydrogen-bond acceptors (Lipinski definition) is 5. The first-order valence-corrected chi connectivity index (χ1v) is 13.7. The van der Waals surface area contributed by atoms with Crippen molar-refractivity contribution in [2.75, 3.05) is 44.2 Å². The van der Waals surface area contributed by atoms with Gasteiger partial charge in [-0.1, -0.05) is 63.9 Å². The number of amides is 1. The molecule has 0 radical (unpaired) electrons. The van der Waals surface area contributed by atoms with E-state index in [-0.39, 0.29) is 13.3 Å². The predicted octanol–water partition coefficient (Wildman–Crippen LogP) is 5.91. The maximum absolute atomic E-state index is 12.4. The van der Waals surface area contributed by atoms with Crippen LogP contribution in [0.5, 0.6) is 0 Å². The van der Waals surface area contributed by atoms with Crippen LogP contribution in [0.1, 0.15) is 76.6 Å². The highest BCUT2D eigenvalue weighted by atomic mass is 16.5. The summed E-state index contributed by atoms with van der Waals surface area (Å²) in [6.45, 7) is 12.7. The molecular weight excluding hydrogens is 450 g/mol. The molecule has 3 rings (SSSR count). The monoisotopic (exact) mass is 497 g/mol. The molecular formula is C30H47N3O3. The van der Waals surface area contributed by atoms with Crippen molar-refractivity contribution in [2.24, 2.45) is 0 Å². The average Bonchev–Trinajstić information content (AvgIpc) is 2.93. The maximum Gasteiger partial charge on any atom is 0.306 e. The van der Waals surface area contributed by atoms with Crippen molar-refractivity contribution in [2.45, 2.75) is 65.9 Å². The van der Waals surface area contributed by atoms with Crippen molar-refractivity contribution in [3.05, 3.63) is 65.7 Å². The number of nitrogens with one attached hydrogen (secondary N) is 1. The molecule has 2 aromatic carbocycles. The van der Waals surface area contributed by atoms with Gasteiger partial charge in [-0.15, -0.1) is 0 Å². The fourth-order valence-electron chi connectivity index (χ4n) is 4.23. The number of carbonyl (C=O) groups is 2. The van der Waals surface area contributed by atoms with Crippen LogP contribution in [0.2, 0.25) is 0 Å². The third-order valence-electron chi connectivity index (χ3n) is 6.24. The number of esters is 1. The molecule has 0 aromatic heterocycles. The molecule has 0 spiro atoms. The molecule has 1 N–H and O–H groups in total. The van der Waals surface area contributed by atoms with Crippen molar-refractivity contribution in [1.29, 1.82) is 0 Å². The number of carbonyl (C=O) groups excluding carboxylic acids is 2. The largest absolute Gasteiger partial charge is 0.461 e. The van der Waals surface area contributed by atoms with Crippen LogP contribution in [-0.4, -0.2) is 56.0 Å². The lowest BCUT2D eigenvalue weighted by atomic mass is 10.1. The normalized spacial score (nSPS) is 13.5. The van der Waals surface area contributed by atoms with Gasteiger partial charge in [-0.2, -0.15) is 0 Å². The van der Waals surface area contributed by atoms with Crippen molar-refractivity contribution in [3.63, 3.8) is 0 Å². The minimum Gasteiger partial charge on any atom is -0.461 e. The minimum atomic E-state index is -0.150. The Morgan fingerprint density at radius 1 is 0.889 bits per heavy atom. The zero-order chi connectivity index (χ0) is 26.0. The molecule has 0 saturated carbocycles. The molecule has 1 aliphatic rings. The molecule has 1 amide bonds. The summed E-state index contributed by atoms with van der Waals surface area (Å²) < 4.78 is 5.30. The van der Waals surface area contributed by atoms with Gasteiger partial charge >= 0.3 is 5.97 Å². The summed E-state index contributed by atoms with van der Waals surface area (Å²) in [5.74, 6) is -0.174. The molecule has 1 fully saturated rings. The highest BCUT2D eigenvalue weighted by Crippen LogP contribution is 2.17. The summed E-state index contributed by atoms with van der Waals surface area (Å²) >= 11 is 0. The van der Waals surface area contributed by atoms with Gasteiger partial charge in [0.15, 0.2) is 0 Å². The number of unbranched alkanes of at least 4 members (excludes halogenated alkanes) is 3. The molecule has 2 aromatic rings. The molecule has 6 heteroatoms. The molecule has 0 atom stereocenters. The van der Waals surface area contributed by atoms with Gasteiger partial charge in [0.05, 0.1) is 0 Å². The van der Waals surface area contributed by atoms with E-state index in [0.29, 0.717) is 25.1 Å². The Labute approximate surface area is 219 Å². The van der Waals surface area contributed by atoms with E-state index in [4.69, 9.17) is 4.74 Å². The standard InChI is InChI=1S/C28H39N3O3.C2H6.H2/c1-2-18-30-19-21-31(22-20-30)26-15-13-25(14-16-26)28(33)29-17-9-4-3-8-12-27(32)34-23-24-10-6-5-7-11-24;1-2;/h5-7,10-11,13-16H,2-4,8-9,12,17-23H2,1H3,(H,29,33);1-2H3;1H. The molecule has 0 bridgehead atoms. The SMILES string of the molecule is CC.CCCN1CCN(c2ccc(C(=O)NCCCCCCC(=O)OCc3ccccc3)cc2)CC1.[HH]. The third-order valence-corrected chi connectivity index (χ3v) is 6.24. The zero-order valence-corrected chi connectivity index (χ0v) is 22.5. The minimum absolute atomic E-state index is 0. The number of benzene rings is 2. The molecule has 1 heterocycles. The van der Waals surface area contributed by atoms with Gasteiger partial charge in [-0.3, -0.25) is 14.5 Å². The molecule has 0 aliphatic carbocycles. The molecule has 1 saturated heterocycles. The summed E-state index contributed by atoms with van der Waals surface area (Å²) in [4.78, 5) is 29.2. The van der Waals surface area contributed by atoms with Crippen LogP contribution < -0.4 is 10.2 Å². The van der Waals surface area contributed by atoms with Crippen molar-refractivity contribution in [1.82, 2.24) is 10.2 Å². The van der Waals surface area contributed by atoms with Gasteiger partial charge in [0.2, 0.25) is 0 Å². The fraction of sp³-hybridized carbons (Fsp3) is 0.533. The van der Waals surface area contributed by atoms with Crippen molar-refractivity contribution in [3.8, 4) is 0 Å². The van der Waals surface area contributed by atoms with Crippen LogP contribution in [0, 0.1) is 0 Å². The van der Waals surface area contributed by atoms with E-state index in [9.17, 15) is 9.59 Å². The predicted molar refractivity (Wildman–Crippen MR) is 151 cm³/mol. The van der Waals surface area contributed by atoms with E-state index < -0.39 is 0 Å². The summed E-state index contributed by atoms with van der Waals surface area (Å²) in [5, 5.41) is 3.01. The van der Waals surface area contributed by atoms with Gasteiger partial charge in [0, 0.05) is 51.8 Å². The highest BCUT2D eigenvalue weighted by Gasteiger charge is 2.16. The summed E-state index contributed by atoms with van der Waals surface area (Å²) in [6.07, 6.45) is 5.30. The van der Waals surface area contributed by atoms with E-state index in [1.807, 2.05) is 56.3 Å². The Kier molecular flexibility index (Phi) is 14.3. The zero-order valence-electron chi connectivity index (χ0n) is 22.5. The van der Waals surface area contributed by atoms with Gasteiger partial charge < -0.3 is 15.0 Å². The third kappa shape index (κ3) is 10.8. The second-order valence-corrected chi connectivity index (χ2v) is 8.94. The Bertz CT molecular complexity index is 869. The average molecular weight is 498 g/mol. The Balaban J connectivity index is 0.00000223. The van der Waals surface area contributed by atoms with Crippen LogP contribution in [-0.2, 0) is 16.1 Å². The highest BCUT2D eigenvalue weighted by molar-refractivity contribution is 5.94. The Morgan fingerprint density at radius 2 is 1.56 bits per heavy atom. The Hall–Kier alpha value is -2.86. The maximum atomic E-state index is 12.4. The van der Waals surface area contributed by atoms with Gasteiger partial charge in [-0.05, 0) is 55.6 Å². The first kappa shape index (κ1) is 29.4. The number of rotatable bonds is 13. The number of hydrogen-bond donors (Lipinski definition) is 1. The lowest BCUT2D eigenvalue weighted by Gasteiger charge is -2.36. The molecule has 200 valence electrons. The second kappa shape index (κ2) is 17.6. The van der Waals surface area contributed by atoms with E-state index in [2.05, 4.69) is 34.2 Å². The summed E-state index contributed by atoms with van der Waals surface area (Å²) in [5.41, 5.74) is 2.90. The smallest absolute Gasteiger partial charge is 0.306 e. The van der Waals surface area contributed by atoms with Gasteiger partial charge in [0.25, 0.3) is 5.91 Å². The van der Waals surface area contributed by atoms with E-state index in [0.717, 1.165) is 57.4 Å². The number of anilines is 1. The number of ether oxygens (including phenoxy) is 1. The quantitative estimate of drug-likeness (QED) is 0.275. The van der Waals surface area contributed by atoms with Crippen LogP contribution in [0.25, 0.3) is 0 Å². The van der Waals surface area contributed by atoms with Crippen LogP contribution in [0.3, 0.4) is 0 Å². The molecule has 6 nitrogen and oxygen atoms in total. The van der Waals surface area contributed by atoms with Crippen LogP contribution in [0.4, 0.5) is 5.69 Å². The van der Waals surface area contributed by atoms with Crippen molar-refractivity contribution >= 4 is 17.6 Å². The second-order valence-electron chi connectivity index (χ2n) is 8.94. The summed E-state index contributed by atoms with van der Waals surface area (Å²) in [7, 11) is 0. The first-order valence-electron chi connectivity index (χ1n) is 13.7. The number of piperazine rings is 1. The lowest BCUT2D eigenvalue weighted by Crippen LogP contribution is -2.46. The van der Waals surface area contributed by atoms with Gasteiger partial charge in [0.1, 0.15) is 6.61 Å². The van der Waals surface area contributed by atoms with Gasteiger partial charge in [-0.25, -0.2) is 0 Å². The molecule has 1 aliphatic heterocycles.